The Morgan fingerprint density at radius 2 is 1.12 bits per heavy atom. The molecule has 26 heteroatoms. The summed E-state index contributed by atoms with van der Waals surface area (Å²) in [5.41, 5.74) is 13.3. The zero-order valence-corrected chi connectivity index (χ0v) is 41.8. The minimum atomic E-state index is -0.502. The molecule has 0 aliphatic carbocycles. The standard InChI is InChI=1S/C46H76N10O16/c1-3-9-56(72-4-2)46(62)37-29-39-38(53-40(48)30-37)33-52-55(39)35-43(59)51-32-36(31-47)28-41(57)49-7-10-63-12-14-65-16-18-67-20-22-69-24-26-71-27-25-70-23-21-68-19-17-66-15-13-64-11-8-50-42(58)34-54-44(60)5-6-45(54)61/h5-6,29,33,36H,3-4,7-28,30-32,34-35,47H2,1-2H3,(H2,48,53)(H,49,57)(H,50,58)(H,51,59). The minimum absolute atomic E-state index is 0.118. The molecule has 3 rings (SSSR count). The lowest BCUT2D eigenvalue weighted by molar-refractivity contribution is -0.180. The molecule has 0 aromatic carbocycles. The second kappa shape index (κ2) is 38.4. The molecule has 0 spiro atoms. The lowest BCUT2D eigenvalue weighted by atomic mass is 10.1. The lowest BCUT2D eigenvalue weighted by Gasteiger charge is -2.21. The van der Waals surface area contributed by atoms with Crippen LogP contribution in [0.1, 0.15) is 38.8 Å². The Kier molecular flexibility index (Phi) is 32.5. The molecule has 0 fully saturated rings. The number of hydrogen-bond acceptors (Lipinski definition) is 20. The summed E-state index contributed by atoms with van der Waals surface area (Å²) in [6, 6.07) is 0. The van der Waals surface area contributed by atoms with Crippen molar-refractivity contribution in [1.29, 1.82) is 0 Å². The molecule has 0 radical (unpaired) electrons. The quantitative estimate of drug-likeness (QED) is 0.0275. The van der Waals surface area contributed by atoms with Gasteiger partial charge in [-0.15, -0.1) is 0 Å². The number of amidine groups is 1. The molecule has 72 heavy (non-hydrogen) atoms. The van der Waals surface area contributed by atoms with E-state index in [1.54, 1.807) is 13.0 Å². The Bertz CT molecular complexity index is 1840. The number of hydrogen-bond donors (Lipinski definition) is 5. The molecule has 3 heterocycles. The molecule has 7 N–H and O–H groups in total. The lowest BCUT2D eigenvalue weighted by Crippen LogP contribution is -2.41. The van der Waals surface area contributed by atoms with E-state index < -0.39 is 17.7 Å². The van der Waals surface area contributed by atoms with Crippen LogP contribution in [0.25, 0.3) is 6.08 Å². The monoisotopic (exact) mass is 1020 g/mol. The molecule has 2 aliphatic rings. The van der Waals surface area contributed by atoms with Crippen LogP contribution in [0.15, 0.2) is 28.9 Å². The van der Waals surface area contributed by atoms with Gasteiger partial charge in [0, 0.05) is 56.7 Å². The molecule has 0 saturated heterocycles. The van der Waals surface area contributed by atoms with E-state index in [4.69, 9.17) is 58.9 Å². The molecule has 2 aliphatic heterocycles. The van der Waals surface area contributed by atoms with Gasteiger partial charge in [0.15, 0.2) is 0 Å². The molecule has 26 nitrogen and oxygen atoms in total. The van der Waals surface area contributed by atoms with Gasteiger partial charge < -0.3 is 70.0 Å². The third-order valence-corrected chi connectivity index (χ3v) is 10.0. The third kappa shape index (κ3) is 26.4. The first-order chi connectivity index (χ1) is 35.1. The zero-order chi connectivity index (χ0) is 52.0. The van der Waals surface area contributed by atoms with E-state index in [9.17, 15) is 28.8 Å². The van der Waals surface area contributed by atoms with E-state index in [2.05, 4.69) is 26.0 Å². The van der Waals surface area contributed by atoms with E-state index in [0.717, 1.165) is 17.1 Å². The van der Waals surface area contributed by atoms with Crippen LogP contribution in [0.3, 0.4) is 0 Å². The number of ether oxygens (including phenoxy) is 9. The van der Waals surface area contributed by atoms with Gasteiger partial charge in [-0.25, -0.2) is 10.1 Å². The number of nitrogens with one attached hydrogen (secondary N) is 3. The van der Waals surface area contributed by atoms with Crippen LogP contribution in [-0.2, 0) is 82.8 Å². The summed E-state index contributed by atoms with van der Waals surface area (Å²) in [5.74, 6) is -2.40. The van der Waals surface area contributed by atoms with Crippen LogP contribution in [0.2, 0.25) is 0 Å². The van der Waals surface area contributed by atoms with Crippen LogP contribution in [0, 0.1) is 5.92 Å². The minimum Gasteiger partial charge on any atom is -0.387 e. The highest BCUT2D eigenvalue weighted by molar-refractivity contribution is 6.14. The van der Waals surface area contributed by atoms with Crippen molar-refractivity contribution in [2.24, 2.45) is 22.4 Å². The van der Waals surface area contributed by atoms with Crippen LogP contribution >= 0.6 is 0 Å². The van der Waals surface area contributed by atoms with Gasteiger partial charge in [0.25, 0.3) is 17.7 Å². The third-order valence-electron chi connectivity index (χ3n) is 10.0. The number of aromatic nitrogens is 2. The molecule has 1 aromatic heterocycles. The van der Waals surface area contributed by atoms with Crippen molar-refractivity contribution in [3.63, 3.8) is 0 Å². The number of hydroxylamine groups is 2. The number of fused-ring (bicyclic) bond motifs is 1. The van der Waals surface area contributed by atoms with Crippen molar-refractivity contribution in [3.8, 4) is 0 Å². The fourth-order valence-corrected chi connectivity index (χ4v) is 6.43. The Balaban J connectivity index is 1.04. The molecule has 0 saturated carbocycles. The van der Waals surface area contributed by atoms with E-state index in [1.807, 2.05) is 6.92 Å². The number of nitrogens with two attached hydrogens (primary N) is 2. The maximum atomic E-state index is 13.3. The van der Waals surface area contributed by atoms with Gasteiger partial charge in [0.1, 0.15) is 24.6 Å². The first kappa shape index (κ1) is 61.0. The number of nitrogens with zero attached hydrogens (tertiary/aromatic N) is 5. The van der Waals surface area contributed by atoms with Crippen molar-refractivity contribution < 1.29 is 76.2 Å². The van der Waals surface area contributed by atoms with Crippen molar-refractivity contribution in [3.05, 3.63) is 29.6 Å². The van der Waals surface area contributed by atoms with Gasteiger partial charge in [-0.2, -0.15) is 5.10 Å². The number of carbonyl (C=O) groups is 6. The summed E-state index contributed by atoms with van der Waals surface area (Å²) in [6.07, 6.45) is 6.33. The number of aliphatic imine (C=N–C) groups is 1. The Hall–Kier alpha value is -5.26. The van der Waals surface area contributed by atoms with Crippen molar-refractivity contribution in [2.45, 2.75) is 39.7 Å². The van der Waals surface area contributed by atoms with Gasteiger partial charge in [0.2, 0.25) is 17.7 Å². The van der Waals surface area contributed by atoms with E-state index in [0.29, 0.717) is 155 Å². The highest BCUT2D eigenvalue weighted by Crippen LogP contribution is 2.27. The van der Waals surface area contributed by atoms with Crippen LogP contribution < -0.4 is 27.4 Å². The summed E-state index contributed by atoms with van der Waals surface area (Å²) < 4.78 is 50.7. The highest BCUT2D eigenvalue weighted by Gasteiger charge is 2.26. The molecule has 1 unspecified atom stereocenters. The predicted octanol–water partition coefficient (Wildman–Crippen LogP) is -1.76. The smallest absolute Gasteiger partial charge is 0.273 e. The number of imide groups is 1. The van der Waals surface area contributed by atoms with E-state index >= 15 is 0 Å². The molecule has 6 amide bonds. The summed E-state index contributed by atoms with van der Waals surface area (Å²) in [6.45, 7) is 12.0. The summed E-state index contributed by atoms with van der Waals surface area (Å²) in [7, 11) is 0. The molecule has 0 bridgehead atoms. The van der Waals surface area contributed by atoms with Crippen molar-refractivity contribution in [1.82, 2.24) is 35.7 Å². The molecular weight excluding hydrogens is 949 g/mol. The first-order valence-corrected chi connectivity index (χ1v) is 24.3. The summed E-state index contributed by atoms with van der Waals surface area (Å²) in [4.78, 5) is 84.3. The van der Waals surface area contributed by atoms with Crippen LogP contribution in [0.5, 0.6) is 0 Å². The summed E-state index contributed by atoms with van der Waals surface area (Å²) in [5, 5.41) is 13.8. The van der Waals surface area contributed by atoms with Gasteiger partial charge >= 0.3 is 0 Å². The van der Waals surface area contributed by atoms with E-state index in [-0.39, 0.29) is 81.6 Å². The largest absolute Gasteiger partial charge is 0.387 e. The summed E-state index contributed by atoms with van der Waals surface area (Å²) >= 11 is 0. The number of carbonyl (C=O) groups excluding carboxylic acids is 6. The average Bonchev–Trinajstić information content (AvgIpc) is 3.82. The van der Waals surface area contributed by atoms with Crippen LogP contribution in [0.4, 0.5) is 5.69 Å². The SMILES string of the molecule is CCCN(OCC)C(=O)C1=Cc2c(cnn2CC(=O)NCC(CN)CC(=O)NCCOCCOCCOCCOCCOCCOCCOCCOCCOCCNC(=O)CN2C(=O)C=CC2=O)N=C(N)C1. The molecular formula is C46H76N10O16. The maximum absolute atomic E-state index is 13.3. The van der Waals surface area contributed by atoms with Crippen molar-refractivity contribution in [2.75, 3.05) is 165 Å². The number of rotatable bonds is 44. The van der Waals surface area contributed by atoms with Gasteiger partial charge in [-0.1, -0.05) is 6.92 Å². The van der Waals surface area contributed by atoms with Crippen LogP contribution in [-0.4, -0.2) is 226 Å². The Morgan fingerprint density at radius 1 is 0.667 bits per heavy atom. The maximum Gasteiger partial charge on any atom is 0.273 e. The van der Waals surface area contributed by atoms with Crippen molar-refractivity contribution >= 4 is 53.0 Å². The highest BCUT2D eigenvalue weighted by atomic mass is 16.7. The number of amides is 6. The topological polar surface area (TPSA) is 320 Å². The van der Waals surface area contributed by atoms with Gasteiger partial charge in [0.05, 0.1) is 137 Å². The first-order valence-electron chi connectivity index (χ1n) is 24.3. The Morgan fingerprint density at radius 3 is 1.58 bits per heavy atom. The average molecular weight is 1030 g/mol. The van der Waals surface area contributed by atoms with Gasteiger partial charge in [-0.05, 0) is 31.9 Å². The second-order valence-electron chi connectivity index (χ2n) is 15.8. The predicted molar refractivity (Wildman–Crippen MR) is 259 cm³/mol. The van der Waals surface area contributed by atoms with E-state index in [1.165, 1.54) is 15.9 Å². The molecule has 406 valence electrons. The second-order valence-corrected chi connectivity index (χ2v) is 15.8. The Labute approximate surface area is 420 Å². The van der Waals surface area contributed by atoms with Gasteiger partial charge in [-0.3, -0.25) is 43.2 Å². The normalized spacial score (nSPS) is 13.7. The molecule has 1 aromatic rings. The fourth-order valence-electron chi connectivity index (χ4n) is 6.43. The zero-order valence-electron chi connectivity index (χ0n) is 41.8. The fraction of sp³-hybridized carbons (Fsp3) is 0.696. The molecule has 1 atom stereocenters.